The largest absolute Gasteiger partial charge is 0.372 e. The predicted octanol–water partition coefficient (Wildman–Crippen LogP) is 3.63. The molecule has 3 heterocycles. The quantitative estimate of drug-likeness (QED) is 0.737. The van der Waals surface area contributed by atoms with Gasteiger partial charge in [0.05, 0.1) is 0 Å². The summed E-state index contributed by atoms with van der Waals surface area (Å²) >= 11 is 0. The second-order valence-electron chi connectivity index (χ2n) is 8.83. The molecule has 0 unspecified atom stereocenters. The molecule has 0 radical (unpaired) electrons. The van der Waals surface area contributed by atoms with E-state index in [-0.39, 0.29) is 5.78 Å². The van der Waals surface area contributed by atoms with Crippen LogP contribution in [0.1, 0.15) is 31.2 Å². The molecule has 1 aliphatic carbocycles. The molecular formula is C23H28N2OSi. The van der Waals surface area contributed by atoms with Gasteiger partial charge in [-0.15, -0.1) is 0 Å². The normalized spacial score (nSPS) is 23.6. The third-order valence-electron chi connectivity index (χ3n) is 6.75. The molecule has 3 aliphatic heterocycles. The van der Waals surface area contributed by atoms with Crippen LogP contribution in [0.4, 0.5) is 5.69 Å². The van der Waals surface area contributed by atoms with Gasteiger partial charge in [0.15, 0.2) is 5.78 Å². The number of rotatable bonds is 2. The maximum Gasteiger partial charge on any atom is 0.187 e. The van der Waals surface area contributed by atoms with Gasteiger partial charge >= 0.3 is 0 Å². The van der Waals surface area contributed by atoms with Crippen LogP contribution in [0.15, 0.2) is 46.8 Å². The molecule has 3 nitrogen and oxygen atoms in total. The highest BCUT2D eigenvalue weighted by atomic mass is 28.3. The fraction of sp³-hybridized carbons (Fsp3) is 0.435. The molecule has 1 aromatic carbocycles. The predicted molar refractivity (Wildman–Crippen MR) is 115 cm³/mol. The number of anilines is 1. The van der Waals surface area contributed by atoms with Crippen LogP contribution in [0.3, 0.4) is 0 Å². The van der Waals surface area contributed by atoms with E-state index in [1.54, 1.807) is 0 Å². The van der Waals surface area contributed by atoms with E-state index in [1.807, 2.05) is 6.08 Å². The van der Waals surface area contributed by atoms with Crippen molar-refractivity contribution in [2.45, 2.75) is 38.8 Å². The number of nitrogens with zero attached hydrogens (tertiary/aromatic N) is 2. The van der Waals surface area contributed by atoms with Crippen LogP contribution in [0.2, 0.25) is 13.1 Å². The lowest BCUT2D eigenvalue weighted by molar-refractivity contribution is -0.111. The highest BCUT2D eigenvalue weighted by Crippen LogP contribution is 2.37. The minimum atomic E-state index is -1.91. The SMILES string of the molecule is C[Si]1(C)C2=CC(N3CCCC3)=CC(=O)C2=Cc2ccc(N3CCCC3)cc21. The zero-order valence-corrected chi connectivity index (χ0v) is 17.4. The summed E-state index contributed by atoms with van der Waals surface area (Å²) in [5, 5.41) is 2.81. The Kier molecular flexibility index (Phi) is 3.94. The molecule has 4 heteroatoms. The highest BCUT2D eigenvalue weighted by molar-refractivity contribution is 6.98. The summed E-state index contributed by atoms with van der Waals surface area (Å²) in [6, 6.07) is 6.92. The van der Waals surface area contributed by atoms with E-state index in [1.165, 1.54) is 60.4 Å². The van der Waals surface area contributed by atoms with Crippen LogP contribution >= 0.6 is 0 Å². The van der Waals surface area contributed by atoms with Crippen molar-refractivity contribution in [3.05, 3.63) is 52.4 Å². The van der Waals surface area contributed by atoms with Gasteiger partial charge in [0.1, 0.15) is 8.07 Å². The first-order valence-electron chi connectivity index (χ1n) is 10.4. The Bertz CT molecular complexity index is 897. The molecule has 2 saturated heterocycles. The second-order valence-corrected chi connectivity index (χ2v) is 13.2. The Balaban J connectivity index is 1.59. The van der Waals surface area contributed by atoms with Crippen molar-refractivity contribution < 1.29 is 4.79 Å². The number of hydrogen-bond donors (Lipinski definition) is 0. The van der Waals surface area contributed by atoms with E-state index >= 15 is 0 Å². The average molecular weight is 377 g/mol. The number of likely N-dealkylation sites (tertiary alicyclic amines) is 1. The smallest absolute Gasteiger partial charge is 0.187 e. The van der Waals surface area contributed by atoms with Crippen LogP contribution < -0.4 is 10.1 Å². The summed E-state index contributed by atoms with van der Waals surface area (Å²) in [4.78, 5) is 17.9. The first-order valence-corrected chi connectivity index (χ1v) is 13.4. The lowest BCUT2D eigenvalue weighted by atomic mass is 9.99. The molecule has 2 fully saturated rings. The maximum atomic E-state index is 13.0. The zero-order valence-electron chi connectivity index (χ0n) is 16.4. The van der Waals surface area contributed by atoms with Crippen molar-refractivity contribution in [2.24, 2.45) is 0 Å². The van der Waals surface area contributed by atoms with Crippen molar-refractivity contribution in [3.8, 4) is 0 Å². The number of allylic oxidation sites excluding steroid dienone is 4. The Hall–Kier alpha value is -2.07. The number of hydrogen-bond acceptors (Lipinski definition) is 3. The number of benzene rings is 1. The standard InChI is InChI=1S/C23H28N2OSi/c1-27(2)22-15-18(24-9-3-4-10-24)8-7-17(22)13-20-21(26)14-19(16-23(20)27)25-11-5-6-12-25/h7-8,13-16H,3-6,9-12H2,1-2H3. The molecule has 0 saturated carbocycles. The minimum Gasteiger partial charge on any atom is -0.372 e. The van der Waals surface area contributed by atoms with Gasteiger partial charge in [-0.05, 0) is 65.9 Å². The molecule has 27 heavy (non-hydrogen) atoms. The molecular weight excluding hydrogens is 348 g/mol. The van der Waals surface area contributed by atoms with Crippen molar-refractivity contribution in [3.63, 3.8) is 0 Å². The van der Waals surface area contributed by atoms with Gasteiger partial charge in [-0.25, -0.2) is 0 Å². The zero-order chi connectivity index (χ0) is 18.6. The Morgan fingerprint density at radius 1 is 0.852 bits per heavy atom. The van der Waals surface area contributed by atoms with E-state index in [9.17, 15) is 4.79 Å². The first-order chi connectivity index (χ1) is 13.0. The summed E-state index contributed by atoms with van der Waals surface area (Å²) in [6.07, 6.45) is 11.4. The van der Waals surface area contributed by atoms with E-state index in [4.69, 9.17) is 0 Å². The Labute approximate surface area is 163 Å². The van der Waals surface area contributed by atoms with Gasteiger partial charge in [0.2, 0.25) is 0 Å². The molecule has 0 amide bonds. The Morgan fingerprint density at radius 2 is 1.52 bits per heavy atom. The van der Waals surface area contributed by atoms with Crippen LogP contribution in [-0.2, 0) is 4.79 Å². The minimum absolute atomic E-state index is 0.198. The Morgan fingerprint density at radius 3 is 2.22 bits per heavy atom. The first kappa shape index (κ1) is 17.1. The van der Waals surface area contributed by atoms with Gasteiger partial charge in [-0.3, -0.25) is 4.79 Å². The third kappa shape index (κ3) is 2.73. The number of fused-ring (bicyclic) bond motifs is 2. The van der Waals surface area contributed by atoms with Crippen molar-refractivity contribution in [1.29, 1.82) is 0 Å². The summed E-state index contributed by atoms with van der Waals surface area (Å²) in [5.74, 6) is 0.198. The fourth-order valence-electron chi connectivity index (χ4n) is 5.12. The van der Waals surface area contributed by atoms with E-state index in [0.717, 1.165) is 24.4 Å². The lowest BCUT2D eigenvalue weighted by Gasteiger charge is -2.37. The van der Waals surface area contributed by atoms with E-state index in [2.05, 4.69) is 53.2 Å². The molecule has 0 aromatic heterocycles. The van der Waals surface area contributed by atoms with Crippen molar-refractivity contribution in [1.82, 2.24) is 4.90 Å². The van der Waals surface area contributed by atoms with Gasteiger partial charge < -0.3 is 9.80 Å². The van der Waals surface area contributed by atoms with Gasteiger partial charge in [0.25, 0.3) is 0 Å². The number of carbonyl (C=O) groups is 1. The van der Waals surface area contributed by atoms with Crippen LogP contribution in [0.5, 0.6) is 0 Å². The molecule has 0 atom stereocenters. The molecule has 1 aromatic rings. The fourth-order valence-corrected chi connectivity index (χ4v) is 8.17. The summed E-state index contributed by atoms with van der Waals surface area (Å²) in [7, 11) is -1.91. The van der Waals surface area contributed by atoms with Crippen molar-refractivity contribution in [2.75, 3.05) is 31.1 Å². The second kappa shape index (κ2) is 6.23. The van der Waals surface area contributed by atoms with Gasteiger partial charge in [-0.2, -0.15) is 0 Å². The monoisotopic (exact) mass is 376 g/mol. The third-order valence-corrected chi connectivity index (χ3v) is 10.3. The summed E-state index contributed by atoms with van der Waals surface area (Å²) in [6.45, 7) is 9.34. The molecule has 5 rings (SSSR count). The van der Waals surface area contributed by atoms with E-state index < -0.39 is 8.07 Å². The topological polar surface area (TPSA) is 23.6 Å². The van der Waals surface area contributed by atoms with Crippen molar-refractivity contribution >= 4 is 30.8 Å². The number of carbonyl (C=O) groups excluding carboxylic acids is 1. The lowest BCUT2D eigenvalue weighted by Crippen LogP contribution is -2.49. The van der Waals surface area contributed by atoms with Crippen LogP contribution in [-0.4, -0.2) is 44.9 Å². The molecule has 4 aliphatic rings. The van der Waals surface area contributed by atoms with Crippen LogP contribution in [0.25, 0.3) is 6.08 Å². The molecule has 0 bridgehead atoms. The highest BCUT2D eigenvalue weighted by Gasteiger charge is 2.39. The molecule has 0 N–H and O–H groups in total. The number of ketones is 1. The maximum absolute atomic E-state index is 13.0. The molecule has 0 spiro atoms. The van der Waals surface area contributed by atoms with Crippen LogP contribution in [0, 0.1) is 0 Å². The van der Waals surface area contributed by atoms with E-state index in [0.29, 0.717) is 0 Å². The molecule has 140 valence electrons. The average Bonchev–Trinajstić information content (AvgIpc) is 3.36. The summed E-state index contributed by atoms with van der Waals surface area (Å²) in [5.41, 5.74) is 4.70. The van der Waals surface area contributed by atoms with Gasteiger partial charge in [0, 0.05) is 49.2 Å². The van der Waals surface area contributed by atoms with Gasteiger partial charge in [-0.1, -0.05) is 19.2 Å². The summed E-state index contributed by atoms with van der Waals surface area (Å²) < 4.78 is 0.